The van der Waals surface area contributed by atoms with Gasteiger partial charge in [0.2, 0.25) is 0 Å². The third-order valence-corrected chi connectivity index (χ3v) is 5.15. The third-order valence-electron chi connectivity index (χ3n) is 5.15. The van der Waals surface area contributed by atoms with Crippen molar-refractivity contribution in [1.82, 2.24) is 0 Å². The first-order valence-corrected chi connectivity index (χ1v) is 7.09. The van der Waals surface area contributed by atoms with E-state index < -0.39 is 0 Å². The summed E-state index contributed by atoms with van der Waals surface area (Å²) in [4.78, 5) is 0. The minimum absolute atomic E-state index is 0.0738. The van der Waals surface area contributed by atoms with Gasteiger partial charge in [-0.05, 0) is 42.9 Å². The van der Waals surface area contributed by atoms with Gasteiger partial charge >= 0.3 is 0 Å². The molecule has 96 valence electrons. The molecule has 0 heterocycles. The Morgan fingerprint density at radius 3 is 2.31 bits per heavy atom. The molecule has 1 aliphatic carbocycles. The van der Waals surface area contributed by atoms with Crippen molar-refractivity contribution in [3.05, 3.63) is 0 Å². The van der Waals surface area contributed by atoms with E-state index in [-0.39, 0.29) is 6.10 Å². The Morgan fingerprint density at radius 2 is 1.75 bits per heavy atom. The van der Waals surface area contributed by atoms with Crippen LogP contribution in [-0.4, -0.2) is 11.2 Å². The molecule has 1 heteroatoms. The van der Waals surface area contributed by atoms with Gasteiger partial charge in [0.1, 0.15) is 0 Å². The molecule has 0 amide bonds. The summed E-state index contributed by atoms with van der Waals surface area (Å²) in [5.74, 6) is 0. The van der Waals surface area contributed by atoms with Crippen LogP contribution < -0.4 is 0 Å². The normalized spacial score (nSPS) is 31.3. The van der Waals surface area contributed by atoms with Gasteiger partial charge in [0, 0.05) is 0 Å². The number of aliphatic hydroxyl groups is 1. The van der Waals surface area contributed by atoms with E-state index in [1.807, 2.05) is 0 Å². The van der Waals surface area contributed by atoms with Gasteiger partial charge in [0.25, 0.3) is 0 Å². The maximum atomic E-state index is 9.60. The van der Waals surface area contributed by atoms with E-state index in [9.17, 15) is 5.11 Å². The number of hydrogen-bond donors (Lipinski definition) is 1. The molecule has 16 heavy (non-hydrogen) atoms. The van der Waals surface area contributed by atoms with Crippen LogP contribution in [0.15, 0.2) is 0 Å². The van der Waals surface area contributed by atoms with Gasteiger partial charge in [0.05, 0.1) is 6.10 Å². The fraction of sp³-hybridized carbons (Fsp3) is 1.00. The van der Waals surface area contributed by atoms with Crippen molar-refractivity contribution in [2.45, 2.75) is 85.2 Å². The molecule has 0 aliphatic heterocycles. The molecule has 0 aromatic rings. The zero-order valence-electron chi connectivity index (χ0n) is 11.7. The number of hydrogen-bond acceptors (Lipinski definition) is 1. The van der Waals surface area contributed by atoms with Crippen LogP contribution in [0.4, 0.5) is 0 Å². The SMILES string of the molecule is CCC(O)CCCC1(C)CCCCC1(C)C. The summed E-state index contributed by atoms with van der Waals surface area (Å²) in [5.41, 5.74) is 0.987. The molecular formula is C15H30O. The van der Waals surface area contributed by atoms with Crippen LogP contribution in [0.5, 0.6) is 0 Å². The Balaban J connectivity index is 2.43. The molecule has 0 aromatic heterocycles. The van der Waals surface area contributed by atoms with Gasteiger partial charge in [-0.15, -0.1) is 0 Å². The molecule has 2 unspecified atom stereocenters. The summed E-state index contributed by atoms with van der Waals surface area (Å²) >= 11 is 0. The first kappa shape index (κ1) is 14.0. The van der Waals surface area contributed by atoms with Crippen molar-refractivity contribution in [3.8, 4) is 0 Å². The van der Waals surface area contributed by atoms with Crippen molar-refractivity contribution >= 4 is 0 Å². The Morgan fingerprint density at radius 1 is 1.12 bits per heavy atom. The van der Waals surface area contributed by atoms with Gasteiger partial charge in [-0.25, -0.2) is 0 Å². The summed E-state index contributed by atoms with van der Waals surface area (Å²) in [5, 5.41) is 9.60. The van der Waals surface area contributed by atoms with Gasteiger partial charge in [-0.1, -0.05) is 47.0 Å². The van der Waals surface area contributed by atoms with Gasteiger partial charge < -0.3 is 5.11 Å². The molecule has 1 nitrogen and oxygen atoms in total. The second-order valence-corrected chi connectivity index (χ2v) is 6.61. The molecule has 0 saturated heterocycles. The molecule has 2 atom stereocenters. The average Bonchev–Trinajstić information content (AvgIpc) is 2.22. The number of rotatable bonds is 5. The van der Waals surface area contributed by atoms with Crippen molar-refractivity contribution in [2.75, 3.05) is 0 Å². The monoisotopic (exact) mass is 226 g/mol. The third kappa shape index (κ3) is 3.23. The highest BCUT2D eigenvalue weighted by molar-refractivity contribution is 4.92. The lowest BCUT2D eigenvalue weighted by atomic mass is 9.57. The van der Waals surface area contributed by atoms with E-state index in [1.165, 1.54) is 38.5 Å². The lowest BCUT2D eigenvalue weighted by Gasteiger charge is -2.48. The summed E-state index contributed by atoms with van der Waals surface area (Å²) < 4.78 is 0. The topological polar surface area (TPSA) is 20.2 Å². The fourth-order valence-electron chi connectivity index (χ4n) is 3.12. The second kappa shape index (κ2) is 5.53. The van der Waals surface area contributed by atoms with E-state index in [0.29, 0.717) is 10.8 Å². The number of aliphatic hydroxyl groups excluding tert-OH is 1. The Hall–Kier alpha value is -0.0400. The quantitative estimate of drug-likeness (QED) is 0.730. The molecule has 0 radical (unpaired) electrons. The van der Waals surface area contributed by atoms with Crippen molar-refractivity contribution in [1.29, 1.82) is 0 Å². The minimum Gasteiger partial charge on any atom is -0.393 e. The summed E-state index contributed by atoms with van der Waals surface area (Å²) in [6.07, 6.45) is 9.85. The smallest absolute Gasteiger partial charge is 0.0537 e. The zero-order valence-corrected chi connectivity index (χ0v) is 11.7. The first-order valence-electron chi connectivity index (χ1n) is 7.09. The van der Waals surface area contributed by atoms with Crippen LogP contribution in [0, 0.1) is 10.8 Å². The van der Waals surface area contributed by atoms with E-state index in [4.69, 9.17) is 0 Å². The maximum Gasteiger partial charge on any atom is 0.0537 e. The predicted octanol–water partition coefficient (Wildman–Crippen LogP) is 4.53. The molecule has 1 fully saturated rings. The van der Waals surface area contributed by atoms with Crippen molar-refractivity contribution in [3.63, 3.8) is 0 Å². The second-order valence-electron chi connectivity index (χ2n) is 6.61. The Kier molecular flexibility index (Phi) is 4.85. The molecule has 0 bridgehead atoms. The molecule has 1 aliphatic rings. The fourth-order valence-corrected chi connectivity index (χ4v) is 3.12. The minimum atomic E-state index is -0.0738. The van der Waals surface area contributed by atoms with Crippen molar-refractivity contribution in [2.24, 2.45) is 10.8 Å². The van der Waals surface area contributed by atoms with Gasteiger partial charge in [-0.2, -0.15) is 0 Å². The van der Waals surface area contributed by atoms with Crippen LogP contribution in [0.25, 0.3) is 0 Å². The Bertz CT molecular complexity index is 209. The highest BCUT2D eigenvalue weighted by Gasteiger charge is 2.41. The first-order chi connectivity index (χ1) is 7.41. The Labute approximate surface area is 102 Å². The van der Waals surface area contributed by atoms with E-state index in [1.54, 1.807) is 0 Å². The van der Waals surface area contributed by atoms with Crippen LogP contribution in [0.2, 0.25) is 0 Å². The van der Waals surface area contributed by atoms with E-state index in [2.05, 4.69) is 27.7 Å². The van der Waals surface area contributed by atoms with Crippen LogP contribution in [-0.2, 0) is 0 Å². The summed E-state index contributed by atoms with van der Waals surface area (Å²) in [7, 11) is 0. The molecule has 0 spiro atoms. The van der Waals surface area contributed by atoms with Gasteiger partial charge in [0.15, 0.2) is 0 Å². The molecular weight excluding hydrogens is 196 g/mol. The zero-order chi connectivity index (χ0) is 12.2. The lowest BCUT2D eigenvalue weighted by molar-refractivity contribution is 0.0189. The summed E-state index contributed by atoms with van der Waals surface area (Å²) in [6.45, 7) is 9.40. The molecule has 1 rings (SSSR count). The lowest BCUT2D eigenvalue weighted by Crippen LogP contribution is -2.38. The van der Waals surface area contributed by atoms with Crippen molar-refractivity contribution < 1.29 is 5.11 Å². The average molecular weight is 226 g/mol. The highest BCUT2D eigenvalue weighted by Crippen LogP contribution is 2.52. The summed E-state index contributed by atoms with van der Waals surface area (Å²) in [6, 6.07) is 0. The molecule has 1 N–H and O–H groups in total. The predicted molar refractivity (Wildman–Crippen MR) is 70.5 cm³/mol. The van der Waals surface area contributed by atoms with Gasteiger partial charge in [-0.3, -0.25) is 0 Å². The van der Waals surface area contributed by atoms with E-state index >= 15 is 0 Å². The van der Waals surface area contributed by atoms with Crippen LogP contribution in [0.1, 0.15) is 79.1 Å². The molecule has 1 saturated carbocycles. The standard InChI is InChI=1S/C15H30O/c1-5-13(16)9-8-12-15(4)11-7-6-10-14(15,2)3/h13,16H,5-12H2,1-4H3. The maximum absolute atomic E-state index is 9.60. The largest absolute Gasteiger partial charge is 0.393 e. The van der Waals surface area contributed by atoms with Crippen LogP contribution in [0.3, 0.4) is 0 Å². The molecule has 0 aromatic carbocycles. The van der Waals surface area contributed by atoms with E-state index in [0.717, 1.165) is 12.8 Å². The highest BCUT2D eigenvalue weighted by atomic mass is 16.3. The van der Waals surface area contributed by atoms with Crippen LogP contribution >= 0.6 is 0 Å².